The molecule has 3 heterocycles. The predicted molar refractivity (Wildman–Crippen MR) is 117 cm³/mol. The average Bonchev–Trinajstić information content (AvgIpc) is 3.16. The van der Waals surface area contributed by atoms with Crippen molar-refractivity contribution in [1.82, 2.24) is 14.9 Å². The molecule has 11 heteroatoms. The average molecular weight is 488 g/mol. The molecule has 3 rings (SSSR count). The highest BCUT2D eigenvalue weighted by molar-refractivity contribution is 7.15. The van der Waals surface area contributed by atoms with Gasteiger partial charge < -0.3 is 14.6 Å². The lowest BCUT2D eigenvalue weighted by Gasteiger charge is -2.47. The quantitative estimate of drug-likeness (QED) is 0.579. The molecule has 7 nitrogen and oxygen atoms in total. The van der Waals surface area contributed by atoms with E-state index in [2.05, 4.69) is 35.5 Å². The lowest BCUT2D eigenvalue weighted by molar-refractivity contribution is -0.180. The topological polar surface area (TPSA) is 84.8 Å². The fourth-order valence-electron chi connectivity index (χ4n) is 4.05. The van der Waals surface area contributed by atoms with Crippen molar-refractivity contribution in [1.29, 1.82) is 0 Å². The van der Waals surface area contributed by atoms with E-state index in [9.17, 15) is 23.1 Å². The van der Waals surface area contributed by atoms with Gasteiger partial charge in [-0.3, -0.25) is 4.90 Å². The van der Waals surface area contributed by atoms with Crippen LogP contribution in [0.4, 0.5) is 13.2 Å². The number of pyridine rings is 1. The highest BCUT2D eigenvalue weighted by Crippen LogP contribution is 2.40. The molecule has 1 aliphatic heterocycles. The molecule has 0 radical (unpaired) electrons. The van der Waals surface area contributed by atoms with Crippen LogP contribution in [0.15, 0.2) is 18.5 Å². The summed E-state index contributed by atoms with van der Waals surface area (Å²) >= 11 is 1.19. The summed E-state index contributed by atoms with van der Waals surface area (Å²) in [5, 5.41) is 10.3. The molecule has 182 valence electrons. The summed E-state index contributed by atoms with van der Waals surface area (Å²) in [5.41, 5.74) is -1.42. The molecular formula is C22H28F3N3O4S. The van der Waals surface area contributed by atoms with Crippen LogP contribution in [0.25, 0.3) is 10.6 Å². The maximum Gasteiger partial charge on any atom is 0.388 e. The first kappa shape index (κ1) is 25.4. The van der Waals surface area contributed by atoms with E-state index < -0.39 is 29.9 Å². The predicted octanol–water partition coefficient (Wildman–Crippen LogP) is 4.67. The molecule has 33 heavy (non-hydrogen) atoms. The van der Waals surface area contributed by atoms with E-state index in [0.717, 1.165) is 17.1 Å². The molecule has 2 aromatic rings. The van der Waals surface area contributed by atoms with E-state index >= 15 is 0 Å². The van der Waals surface area contributed by atoms with Crippen molar-refractivity contribution >= 4 is 17.3 Å². The molecule has 1 saturated heterocycles. The molecule has 0 bridgehead atoms. The summed E-state index contributed by atoms with van der Waals surface area (Å²) in [5.74, 6) is -2.03. The Labute approximate surface area is 194 Å². The van der Waals surface area contributed by atoms with Gasteiger partial charge in [0, 0.05) is 37.3 Å². The Bertz CT molecular complexity index is 982. The number of carbonyl (C=O) groups is 1. The van der Waals surface area contributed by atoms with Crippen LogP contribution in [0.2, 0.25) is 0 Å². The number of likely N-dealkylation sites (tertiary alicyclic amines) is 1. The smallest absolute Gasteiger partial charge is 0.388 e. The van der Waals surface area contributed by atoms with Gasteiger partial charge in [-0.25, -0.2) is 19.2 Å². The molecule has 1 N–H and O–H groups in total. The Morgan fingerprint density at radius 1 is 1.36 bits per heavy atom. The molecule has 0 amide bonds. The van der Waals surface area contributed by atoms with Crippen molar-refractivity contribution in [2.75, 3.05) is 19.7 Å². The van der Waals surface area contributed by atoms with Crippen LogP contribution in [-0.2, 0) is 16.1 Å². The third kappa shape index (κ3) is 6.01. The maximum absolute atomic E-state index is 13.7. The zero-order valence-electron chi connectivity index (χ0n) is 19.0. The second-order valence-electron chi connectivity index (χ2n) is 9.19. The highest BCUT2D eigenvalue weighted by Gasteiger charge is 2.49. The van der Waals surface area contributed by atoms with E-state index in [-0.39, 0.29) is 35.1 Å². The number of carboxylic acids is 1. The molecule has 0 unspecified atom stereocenters. The van der Waals surface area contributed by atoms with Crippen LogP contribution in [0.3, 0.4) is 0 Å². The third-order valence-electron chi connectivity index (χ3n) is 5.75. The first-order valence-electron chi connectivity index (χ1n) is 10.6. The fourth-order valence-corrected chi connectivity index (χ4v) is 5.01. The van der Waals surface area contributed by atoms with Gasteiger partial charge in [-0.2, -0.15) is 8.78 Å². The van der Waals surface area contributed by atoms with Gasteiger partial charge in [0.05, 0.1) is 11.8 Å². The van der Waals surface area contributed by atoms with Gasteiger partial charge >= 0.3 is 12.6 Å². The number of halogens is 3. The van der Waals surface area contributed by atoms with Gasteiger partial charge in [-0.15, -0.1) is 11.3 Å². The normalized spacial score (nSPS) is 22.0. The minimum atomic E-state index is -3.11. The Morgan fingerprint density at radius 2 is 2.09 bits per heavy atom. The zero-order valence-corrected chi connectivity index (χ0v) is 19.8. The number of hydrogen-bond acceptors (Lipinski definition) is 7. The number of piperidine rings is 1. The molecule has 0 saturated carbocycles. The van der Waals surface area contributed by atoms with Crippen molar-refractivity contribution in [3.05, 3.63) is 29.2 Å². The molecule has 0 spiro atoms. The second-order valence-corrected chi connectivity index (χ2v) is 10.3. The van der Waals surface area contributed by atoms with Gasteiger partial charge in [0.1, 0.15) is 10.8 Å². The van der Waals surface area contributed by atoms with Crippen LogP contribution in [-0.4, -0.2) is 57.9 Å². The summed E-state index contributed by atoms with van der Waals surface area (Å²) in [4.78, 5) is 22.8. The van der Waals surface area contributed by atoms with Crippen LogP contribution in [0, 0.1) is 17.2 Å². The van der Waals surface area contributed by atoms with Crippen LogP contribution in [0.1, 0.15) is 39.0 Å². The van der Waals surface area contributed by atoms with Gasteiger partial charge in [-0.1, -0.05) is 20.8 Å². The highest BCUT2D eigenvalue weighted by atomic mass is 32.1. The SMILES string of the molecule is CCO[C@@]1(C(=O)O)C[C@@H](C(C)(C)C)CN(Cc2cnc(-c3cc(F)cnc3OC(F)F)s2)C1. The third-order valence-corrected chi connectivity index (χ3v) is 6.77. The first-order chi connectivity index (χ1) is 15.4. The largest absolute Gasteiger partial charge is 0.479 e. The van der Waals surface area contributed by atoms with Gasteiger partial charge in [-0.05, 0) is 30.7 Å². The van der Waals surface area contributed by atoms with E-state index in [0.29, 0.717) is 19.5 Å². The number of carboxylic acid groups (broad SMARTS) is 1. The number of ether oxygens (including phenoxy) is 2. The minimum Gasteiger partial charge on any atom is -0.479 e. The molecule has 1 aliphatic rings. The molecule has 0 aliphatic carbocycles. The van der Waals surface area contributed by atoms with Gasteiger partial charge in [0.25, 0.3) is 0 Å². The number of rotatable bonds is 8. The van der Waals surface area contributed by atoms with Gasteiger partial charge in [0.15, 0.2) is 5.60 Å². The lowest BCUT2D eigenvalue weighted by atomic mass is 9.71. The summed E-state index contributed by atoms with van der Waals surface area (Å²) in [6.45, 7) is 6.44. The number of thiazole rings is 1. The molecular weight excluding hydrogens is 459 g/mol. The van der Waals surface area contributed by atoms with E-state index in [1.165, 1.54) is 11.3 Å². The fraction of sp³-hybridized carbons (Fsp3) is 0.591. The number of alkyl halides is 2. The summed E-state index contributed by atoms with van der Waals surface area (Å²) in [7, 11) is 0. The number of nitrogens with zero attached hydrogens (tertiary/aromatic N) is 3. The maximum atomic E-state index is 13.7. The van der Waals surface area contributed by atoms with Gasteiger partial charge in [0.2, 0.25) is 5.88 Å². The first-order valence-corrected chi connectivity index (χ1v) is 11.4. The van der Waals surface area contributed by atoms with Crippen LogP contribution < -0.4 is 4.74 Å². The summed E-state index contributed by atoms with van der Waals surface area (Å²) < 4.78 is 49.4. The number of aromatic nitrogens is 2. The van der Waals surface area contributed by atoms with Crippen molar-refractivity contribution in [2.45, 2.75) is 52.9 Å². The van der Waals surface area contributed by atoms with E-state index in [1.807, 2.05) is 4.90 Å². The Morgan fingerprint density at radius 3 is 2.70 bits per heavy atom. The Kier molecular flexibility index (Phi) is 7.65. The van der Waals surface area contributed by atoms with Crippen molar-refractivity contribution in [3.63, 3.8) is 0 Å². The molecule has 2 aromatic heterocycles. The van der Waals surface area contributed by atoms with E-state index in [4.69, 9.17) is 4.74 Å². The van der Waals surface area contributed by atoms with Crippen molar-refractivity contribution < 1.29 is 32.5 Å². The molecule has 1 fully saturated rings. The Hall–Kier alpha value is -2.24. The molecule has 0 aromatic carbocycles. The van der Waals surface area contributed by atoms with E-state index in [1.54, 1.807) is 13.1 Å². The second kappa shape index (κ2) is 9.94. The molecule has 2 atom stereocenters. The minimum absolute atomic E-state index is 0.0342. The monoisotopic (exact) mass is 487 g/mol. The lowest BCUT2D eigenvalue weighted by Crippen LogP contribution is -2.59. The number of hydrogen-bond donors (Lipinski definition) is 1. The Balaban J connectivity index is 1.87. The van der Waals surface area contributed by atoms with Crippen LogP contribution >= 0.6 is 11.3 Å². The van der Waals surface area contributed by atoms with Crippen molar-refractivity contribution in [2.24, 2.45) is 11.3 Å². The zero-order chi connectivity index (χ0) is 24.4. The number of aliphatic carboxylic acids is 1. The summed E-state index contributed by atoms with van der Waals surface area (Å²) in [6.07, 6.45) is 2.78. The summed E-state index contributed by atoms with van der Waals surface area (Å²) in [6, 6.07) is 1.05. The van der Waals surface area contributed by atoms with Crippen molar-refractivity contribution in [3.8, 4) is 16.5 Å². The van der Waals surface area contributed by atoms with Crippen LogP contribution in [0.5, 0.6) is 5.88 Å². The standard InChI is InChI=1S/C22H28F3N3O4S/c1-5-31-22(19(29)30)7-13(21(2,3)4)10-28(12-22)11-15-9-27-18(33-15)16-6-14(23)8-26-17(16)32-20(24)25/h6,8-9,13,20H,5,7,10-12H2,1-4H3,(H,29,30)/t13-,22+/m1/s1.